The zero-order valence-electron chi connectivity index (χ0n) is 9.48. The molecular formula is C13H9F2NO2. The van der Waals surface area contributed by atoms with Crippen LogP contribution in [-0.4, -0.2) is 18.1 Å². The molecule has 1 heterocycles. The second kappa shape index (κ2) is 4.91. The molecule has 5 heteroatoms. The molecular weight excluding hydrogens is 240 g/mol. The number of hydrogen-bond acceptors (Lipinski definition) is 3. The molecule has 0 aliphatic carbocycles. The molecule has 2 rings (SSSR count). The largest absolute Gasteiger partial charge is 0.464 e. The first-order chi connectivity index (χ1) is 8.60. The first-order valence-corrected chi connectivity index (χ1v) is 5.11. The molecule has 0 radical (unpaired) electrons. The van der Waals surface area contributed by atoms with Crippen molar-refractivity contribution in [2.24, 2.45) is 0 Å². The Hall–Kier alpha value is -2.30. The van der Waals surface area contributed by atoms with E-state index >= 15 is 0 Å². The van der Waals surface area contributed by atoms with Gasteiger partial charge in [0.15, 0.2) is 0 Å². The number of carbonyl (C=O) groups is 1. The van der Waals surface area contributed by atoms with Gasteiger partial charge in [0.2, 0.25) is 0 Å². The zero-order valence-corrected chi connectivity index (χ0v) is 9.48. The van der Waals surface area contributed by atoms with E-state index in [0.29, 0.717) is 11.1 Å². The van der Waals surface area contributed by atoms with Gasteiger partial charge in [-0.15, -0.1) is 0 Å². The van der Waals surface area contributed by atoms with Gasteiger partial charge in [-0.2, -0.15) is 0 Å². The van der Waals surface area contributed by atoms with Crippen LogP contribution in [0, 0.1) is 11.6 Å². The molecule has 0 spiro atoms. The van der Waals surface area contributed by atoms with E-state index in [-0.39, 0.29) is 5.69 Å². The van der Waals surface area contributed by atoms with Gasteiger partial charge < -0.3 is 4.74 Å². The van der Waals surface area contributed by atoms with Gasteiger partial charge >= 0.3 is 5.97 Å². The summed E-state index contributed by atoms with van der Waals surface area (Å²) in [6.45, 7) is 0. The number of carbonyl (C=O) groups excluding carboxylic acids is 1. The Morgan fingerprint density at radius 3 is 2.28 bits per heavy atom. The average Bonchev–Trinajstić information content (AvgIpc) is 2.37. The lowest BCUT2D eigenvalue weighted by molar-refractivity contribution is 0.0594. The maximum atomic E-state index is 13.0. The molecule has 3 nitrogen and oxygen atoms in total. The van der Waals surface area contributed by atoms with Crippen molar-refractivity contribution in [3.05, 3.63) is 53.9 Å². The molecule has 0 saturated carbocycles. The standard InChI is InChI=1S/C13H9F2NO2/c1-18-13(17)12-3-2-8(7-16-12)9-4-10(14)6-11(15)5-9/h2-7H,1H3. The van der Waals surface area contributed by atoms with Crippen LogP contribution in [0.15, 0.2) is 36.5 Å². The van der Waals surface area contributed by atoms with Crippen LogP contribution in [0.4, 0.5) is 8.78 Å². The van der Waals surface area contributed by atoms with Gasteiger partial charge in [-0.1, -0.05) is 6.07 Å². The number of hydrogen-bond donors (Lipinski definition) is 0. The highest BCUT2D eigenvalue weighted by atomic mass is 19.1. The Labute approximate surface area is 102 Å². The smallest absolute Gasteiger partial charge is 0.356 e. The molecule has 0 unspecified atom stereocenters. The van der Waals surface area contributed by atoms with Crippen molar-refractivity contribution in [2.75, 3.05) is 7.11 Å². The van der Waals surface area contributed by atoms with E-state index in [1.807, 2.05) is 0 Å². The van der Waals surface area contributed by atoms with Crippen molar-refractivity contribution in [2.45, 2.75) is 0 Å². The third-order valence-electron chi connectivity index (χ3n) is 2.35. The molecule has 0 atom stereocenters. The summed E-state index contributed by atoms with van der Waals surface area (Å²) in [6.07, 6.45) is 1.36. The SMILES string of the molecule is COC(=O)c1ccc(-c2cc(F)cc(F)c2)cn1. The third kappa shape index (κ3) is 2.51. The first-order valence-electron chi connectivity index (χ1n) is 5.11. The topological polar surface area (TPSA) is 39.2 Å². The summed E-state index contributed by atoms with van der Waals surface area (Å²) < 4.78 is 30.6. The second-order valence-electron chi connectivity index (χ2n) is 3.58. The molecule has 18 heavy (non-hydrogen) atoms. The quantitative estimate of drug-likeness (QED) is 0.768. The van der Waals surface area contributed by atoms with Crippen molar-refractivity contribution in [3.63, 3.8) is 0 Å². The normalized spacial score (nSPS) is 10.2. The van der Waals surface area contributed by atoms with E-state index in [2.05, 4.69) is 9.72 Å². The van der Waals surface area contributed by atoms with Crippen LogP contribution < -0.4 is 0 Å². The van der Waals surface area contributed by atoms with Crippen LogP contribution in [0.1, 0.15) is 10.5 Å². The number of rotatable bonds is 2. The van der Waals surface area contributed by atoms with Gasteiger partial charge in [-0.05, 0) is 23.8 Å². The molecule has 2 aromatic rings. The minimum Gasteiger partial charge on any atom is -0.464 e. The maximum Gasteiger partial charge on any atom is 0.356 e. The summed E-state index contributed by atoms with van der Waals surface area (Å²) in [7, 11) is 1.25. The molecule has 0 bridgehead atoms. The van der Waals surface area contributed by atoms with Gasteiger partial charge in [0.25, 0.3) is 0 Å². The number of benzene rings is 1. The highest BCUT2D eigenvalue weighted by Crippen LogP contribution is 2.21. The lowest BCUT2D eigenvalue weighted by Crippen LogP contribution is -2.03. The van der Waals surface area contributed by atoms with Crippen LogP contribution >= 0.6 is 0 Å². The number of pyridine rings is 1. The number of ether oxygens (including phenoxy) is 1. The predicted octanol–water partition coefficient (Wildman–Crippen LogP) is 2.81. The number of halogens is 2. The molecule has 0 amide bonds. The fraction of sp³-hybridized carbons (Fsp3) is 0.0769. The highest BCUT2D eigenvalue weighted by molar-refractivity contribution is 5.87. The summed E-state index contributed by atoms with van der Waals surface area (Å²) in [5, 5.41) is 0. The summed E-state index contributed by atoms with van der Waals surface area (Å²) in [6, 6.07) is 6.16. The fourth-order valence-electron chi connectivity index (χ4n) is 1.51. The molecule has 0 N–H and O–H groups in total. The van der Waals surface area contributed by atoms with Gasteiger partial charge in [-0.25, -0.2) is 18.6 Å². The van der Waals surface area contributed by atoms with Gasteiger partial charge in [0.1, 0.15) is 17.3 Å². The van der Waals surface area contributed by atoms with Crippen molar-refractivity contribution >= 4 is 5.97 Å². The van der Waals surface area contributed by atoms with Crippen LogP contribution in [0.2, 0.25) is 0 Å². The Balaban J connectivity index is 2.37. The fourth-order valence-corrected chi connectivity index (χ4v) is 1.51. The number of aromatic nitrogens is 1. The molecule has 0 aliphatic rings. The Morgan fingerprint density at radius 2 is 1.78 bits per heavy atom. The second-order valence-corrected chi connectivity index (χ2v) is 3.58. The van der Waals surface area contributed by atoms with Crippen molar-refractivity contribution in [3.8, 4) is 11.1 Å². The van der Waals surface area contributed by atoms with Gasteiger partial charge in [0, 0.05) is 17.8 Å². The predicted molar refractivity (Wildman–Crippen MR) is 60.9 cm³/mol. The van der Waals surface area contributed by atoms with Gasteiger partial charge in [-0.3, -0.25) is 0 Å². The summed E-state index contributed by atoms with van der Waals surface area (Å²) in [5.74, 6) is -1.89. The minimum atomic E-state index is -0.665. The number of nitrogens with zero attached hydrogens (tertiary/aromatic N) is 1. The third-order valence-corrected chi connectivity index (χ3v) is 2.35. The van der Waals surface area contributed by atoms with Crippen LogP contribution in [-0.2, 0) is 4.74 Å². The summed E-state index contributed by atoms with van der Waals surface area (Å²) in [4.78, 5) is 15.0. The van der Waals surface area contributed by atoms with E-state index in [9.17, 15) is 13.6 Å². The lowest BCUT2D eigenvalue weighted by atomic mass is 10.1. The monoisotopic (exact) mass is 249 g/mol. The zero-order chi connectivity index (χ0) is 13.1. The molecule has 0 saturated heterocycles. The summed E-state index contributed by atoms with van der Waals surface area (Å²) >= 11 is 0. The number of methoxy groups -OCH3 is 1. The Bertz CT molecular complexity index is 562. The van der Waals surface area contributed by atoms with E-state index < -0.39 is 17.6 Å². The maximum absolute atomic E-state index is 13.0. The van der Waals surface area contributed by atoms with E-state index in [4.69, 9.17) is 0 Å². The summed E-state index contributed by atoms with van der Waals surface area (Å²) in [5.41, 5.74) is 1.01. The van der Waals surface area contributed by atoms with Crippen molar-refractivity contribution < 1.29 is 18.3 Å². The number of esters is 1. The first kappa shape index (κ1) is 12.2. The molecule has 0 fully saturated rings. The van der Waals surface area contributed by atoms with Crippen LogP contribution in [0.3, 0.4) is 0 Å². The van der Waals surface area contributed by atoms with Crippen LogP contribution in [0.25, 0.3) is 11.1 Å². The van der Waals surface area contributed by atoms with Crippen molar-refractivity contribution in [1.82, 2.24) is 4.98 Å². The van der Waals surface area contributed by atoms with E-state index in [0.717, 1.165) is 6.07 Å². The highest BCUT2D eigenvalue weighted by Gasteiger charge is 2.08. The van der Waals surface area contributed by atoms with Crippen molar-refractivity contribution in [1.29, 1.82) is 0 Å². The lowest BCUT2D eigenvalue weighted by Gasteiger charge is -2.03. The Kier molecular flexibility index (Phi) is 3.32. The molecule has 1 aromatic carbocycles. The molecule has 0 aliphatic heterocycles. The Morgan fingerprint density at radius 1 is 1.11 bits per heavy atom. The van der Waals surface area contributed by atoms with E-state index in [1.165, 1.54) is 31.5 Å². The molecule has 1 aromatic heterocycles. The average molecular weight is 249 g/mol. The minimum absolute atomic E-state index is 0.137. The van der Waals surface area contributed by atoms with Crippen LogP contribution in [0.5, 0.6) is 0 Å². The molecule has 92 valence electrons. The van der Waals surface area contributed by atoms with Gasteiger partial charge in [0.05, 0.1) is 7.11 Å². The van der Waals surface area contributed by atoms with E-state index in [1.54, 1.807) is 6.07 Å².